The fraction of sp³-hybridized carbons (Fsp3) is 0.125. The van der Waals surface area contributed by atoms with E-state index in [-0.39, 0.29) is 10.6 Å². The normalized spacial score (nSPS) is 11.7. The molecule has 0 atom stereocenters. The van der Waals surface area contributed by atoms with E-state index in [1.54, 1.807) is 30.3 Å². The second-order valence-corrected chi connectivity index (χ2v) is 6.02. The Labute approximate surface area is 133 Å². The molecule has 0 unspecified atom stereocenters. The van der Waals surface area contributed by atoms with Crippen molar-refractivity contribution in [1.82, 2.24) is 4.98 Å². The van der Waals surface area contributed by atoms with Crippen LogP contribution in [0.2, 0.25) is 0 Å². The third-order valence-corrected chi connectivity index (χ3v) is 4.19. The molecule has 3 rings (SSSR count). The van der Waals surface area contributed by atoms with E-state index in [0.29, 0.717) is 10.3 Å². The van der Waals surface area contributed by atoms with E-state index < -0.39 is 17.6 Å². The highest BCUT2D eigenvalue weighted by Crippen LogP contribution is 2.37. The number of alkyl halides is 3. The Morgan fingerprint density at radius 2 is 1.83 bits per heavy atom. The first-order chi connectivity index (χ1) is 10.8. The Hall–Kier alpha value is -2.41. The summed E-state index contributed by atoms with van der Waals surface area (Å²) in [5.41, 5.74) is 0.480. The molecule has 0 bridgehead atoms. The van der Waals surface area contributed by atoms with Crippen LogP contribution in [-0.2, 0) is 6.18 Å². The number of halogens is 3. The number of fused-ring (bicyclic) bond motifs is 1. The number of carbonyl (C=O) groups excluding carboxylic acids is 1. The molecule has 0 aliphatic carbocycles. The average molecular weight is 336 g/mol. The number of hydrogen-bond acceptors (Lipinski definition) is 3. The number of aromatic nitrogens is 1. The summed E-state index contributed by atoms with van der Waals surface area (Å²) in [6.45, 7) is 1.90. The van der Waals surface area contributed by atoms with Crippen molar-refractivity contribution < 1.29 is 18.0 Å². The molecule has 1 amide bonds. The molecule has 2 aromatic carbocycles. The van der Waals surface area contributed by atoms with Gasteiger partial charge in [0.25, 0.3) is 5.91 Å². The van der Waals surface area contributed by atoms with Crippen LogP contribution in [-0.4, -0.2) is 10.9 Å². The number of thiazole rings is 1. The SMILES string of the molecule is Cc1ccc(C(=O)Nc2nc3c(C(F)(F)F)cccc3s2)cc1. The highest BCUT2D eigenvalue weighted by atomic mass is 32.1. The number of para-hydroxylation sites is 1. The van der Waals surface area contributed by atoms with Crippen molar-refractivity contribution in [2.45, 2.75) is 13.1 Å². The molecule has 3 aromatic rings. The second kappa shape index (κ2) is 5.66. The second-order valence-electron chi connectivity index (χ2n) is 4.99. The maximum atomic E-state index is 13.0. The van der Waals surface area contributed by atoms with Crippen LogP contribution in [0.1, 0.15) is 21.5 Å². The van der Waals surface area contributed by atoms with Crippen molar-refractivity contribution in [3.63, 3.8) is 0 Å². The zero-order valence-electron chi connectivity index (χ0n) is 11.9. The molecule has 1 aromatic heterocycles. The summed E-state index contributed by atoms with van der Waals surface area (Å²) in [5.74, 6) is -0.405. The van der Waals surface area contributed by atoms with Crippen molar-refractivity contribution in [3.8, 4) is 0 Å². The Balaban J connectivity index is 1.92. The van der Waals surface area contributed by atoms with Gasteiger partial charge in [-0.25, -0.2) is 4.98 Å². The van der Waals surface area contributed by atoms with E-state index in [1.165, 1.54) is 6.07 Å². The first kappa shape index (κ1) is 15.5. The number of aryl methyl sites for hydroxylation is 1. The maximum absolute atomic E-state index is 13.0. The van der Waals surface area contributed by atoms with Gasteiger partial charge in [-0.3, -0.25) is 10.1 Å². The standard InChI is InChI=1S/C16H11F3N2OS/c1-9-5-7-10(8-6-9)14(22)21-15-20-13-11(16(17,18)19)3-2-4-12(13)23-15/h2-8H,1H3,(H,20,21,22). The fourth-order valence-electron chi connectivity index (χ4n) is 2.10. The van der Waals surface area contributed by atoms with Crippen LogP contribution in [0.5, 0.6) is 0 Å². The van der Waals surface area contributed by atoms with Crippen LogP contribution in [0.25, 0.3) is 10.2 Å². The molecule has 0 fully saturated rings. The van der Waals surface area contributed by atoms with Crippen LogP contribution < -0.4 is 5.32 Å². The highest BCUT2D eigenvalue weighted by molar-refractivity contribution is 7.22. The van der Waals surface area contributed by atoms with E-state index in [2.05, 4.69) is 10.3 Å². The molecule has 0 aliphatic heterocycles. The van der Waals surface area contributed by atoms with Crippen LogP contribution in [0, 0.1) is 6.92 Å². The molecule has 1 N–H and O–H groups in total. The summed E-state index contributed by atoms with van der Waals surface area (Å²) < 4.78 is 39.3. The van der Waals surface area contributed by atoms with Gasteiger partial charge in [-0.05, 0) is 31.2 Å². The molecule has 23 heavy (non-hydrogen) atoms. The van der Waals surface area contributed by atoms with E-state index in [0.717, 1.165) is 23.0 Å². The Kier molecular flexibility index (Phi) is 3.81. The molecule has 0 spiro atoms. The average Bonchev–Trinajstić information content (AvgIpc) is 2.88. The van der Waals surface area contributed by atoms with Gasteiger partial charge in [0.2, 0.25) is 0 Å². The monoisotopic (exact) mass is 336 g/mol. The highest BCUT2D eigenvalue weighted by Gasteiger charge is 2.33. The molecule has 0 aliphatic rings. The molecule has 118 valence electrons. The quantitative estimate of drug-likeness (QED) is 0.725. The predicted molar refractivity (Wildman–Crippen MR) is 83.8 cm³/mol. The lowest BCUT2D eigenvalue weighted by atomic mass is 10.1. The summed E-state index contributed by atoms with van der Waals surface area (Å²) in [7, 11) is 0. The first-order valence-electron chi connectivity index (χ1n) is 6.69. The molecular weight excluding hydrogens is 325 g/mol. The Bertz CT molecular complexity index is 869. The van der Waals surface area contributed by atoms with E-state index in [9.17, 15) is 18.0 Å². The number of hydrogen-bond donors (Lipinski definition) is 1. The zero-order chi connectivity index (χ0) is 16.6. The van der Waals surface area contributed by atoms with E-state index in [4.69, 9.17) is 0 Å². The van der Waals surface area contributed by atoms with Gasteiger partial charge in [-0.2, -0.15) is 13.2 Å². The minimum absolute atomic E-state index is 0.141. The van der Waals surface area contributed by atoms with Gasteiger partial charge in [0.1, 0.15) is 0 Å². The minimum atomic E-state index is -4.48. The number of nitrogens with one attached hydrogen (secondary N) is 1. The van der Waals surface area contributed by atoms with Gasteiger partial charge in [0.15, 0.2) is 5.13 Å². The van der Waals surface area contributed by atoms with Crippen LogP contribution >= 0.6 is 11.3 Å². The van der Waals surface area contributed by atoms with Gasteiger partial charge >= 0.3 is 6.18 Å². The van der Waals surface area contributed by atoms with Gasteiger partial charge in [0, 0.05) is 5.56 Å². The predicted octanol–water partition coefficient (Wildman–Crippen LogP) is 4.88. The zero-order valence-corrected chi connectivity index (χ0v) is 12.8. The lowest BCUT2D eigenvalue weighted by molar-refractivity contribution is -0.136. The van der Waals surface area contributed by atoms with Crippen molar-refractivity contribution in [3.05, 3.63) is 59.2 Å². The largest absolute Gasteiger partial charge is 0.418 e. The summed E-state index contributed by atoms with van der Waals surface area (Å²) in [6.07, 6.45) is -4.48. The summed E-state index contributed by atoms with van der Waals surface area (Å²) >= 11 is 1.01. The number of rotatable bonds is 2. The van der Waals surface area contributed by atoms with Crippen LogP contribution in [0.4, 0.5) is 18.3 Å². The van der Waals surface area contributed by atoms with Crippen molar-refractivity contribution in [2.24, 2.45) is 0 Å². The van der Waals surface area contributed by atoms with Gasteiger partial charge < -0.3 is 0 Å². The number of carbonyl (C=O) groups is 1. The topological polar surface area (TPSA) is 42.0 Å². The minimum Gasteiger partial charge on any atom is -0.298 e. The van der Waals surface area contributed by atoms with Crippen molar-refractivity contribution in [1.29, 1.82) is 0 Å². The summed E-state index contributed by atoms with van der Waals surface area (Å²) in [6, 6.07) is 10.7. The van der Waals surface area contributed by atoms with Crippen LogP contribution in [0.15, 0.2) is 42.5 Å². The van der Waals surface area contributed by atoms with Crippen LogP contribution in [0.3, 0.4) is 0 Å². The number of benzene rings is 2. The third kappa shape index (κ3) is 3.19. The molecule has 1 heterocycles. The first-order valence-corrected chi connectivity index (χ1v) is 7.51. The number of anilines is 1. The molecule has 0 saturated carbocycles. The smallest absolute Gasteiger partial charge is 0.298 e. The maximum Gasteiger partial charge on any atom is 0.418 e. The van der Waals surface area contributed by atoms with Gasteiger partial charge in [-0.15, -0.1) is 0 Å². The number of amides is 1. The molecule has 0 radical (unpaired) electrons. The van der Waals surface area contributed by atoms with E-state index >= 15 is 0 Å². The Morgan fingerprint density at radius 1 is 1.13 bits per heavy atom. The van der Waals surface area contributed by atoms with Gasteiger partial charge in [-0.1, -0.05) is 35.1 Å². The van der Waals surface area contributed by atoms with Gasteiger partial charge in [0.05, 0.1) is 15.8 Å². The summed E-state index contributed by atoms with van der Waals surface area (Å²) in [4.78, 5) is 16.0. The molecule has 7 heteroatoms. The lowest BCUT2D eigenvalue weighted by Crippen LogP contribution is -2.11. The van der Waals surface area contributed by atoms with E-state index in [1.807, 2.05) is 6.92 Å². The molecule has 3 nitrogen and oxygen atoms in total. The van der Waals surface area contributed by atoms with Crippen molar-refractivity contribution in [2.75, 3.05) is 5.32 Å². The molecular formula is C16H11F3N2OS. The summed E-state index contributed by atoms with van der Waals surface area (Å²) in [5, 5.41) is 2.69. The van der Waals surface area contributed by atoms with Crippen molar-refractivity contribution >= 4 is 32.6 Å². The lowest BCUT2D eigenvalue weighted by Gasteiger charge is -2.06. The number of nitrogens with zero attached hydrogens (tertiary/aromatic N) is 1. The molecule has 0 saturated heterocycles. The Morgan fingerprint density at radius 3 is 2.48 bits per heavy atom. The third-order valence-electron chi connectivity index (χ3n) is 3.26. The fourth-order valence-corrected chi connectivity index (χ4v) is 2.99.